The summed E-state index contributed by atoms with van der Waals surface area (Å²) in [6, 6.07) is 15.0. The first-order chi connectivity index (χ1) is 10.1. The fourth-order valence-electron chi connectivity index (χ4n) is 1.86. The molecule has 0 unspecified atom stereocenters. The molecule has 0 fully saturated rings. The predicted octanol–water partition coefficient (Wildman–Crippen LogP) is 2.79. The Kier molecular flexibility index (Phi) is 4.45. The summed E-state index contributed by atoms with van der Waals surface area (Å²) < 4.78 is 27.4. The van der Waals surface area contributed by atoms with Crippen molar-refractivity contribution in [3.05, 3.63) is 54.1 Å². The van der Waals surface area contributed by atoms with Crippen molar-refractivity contribution in [3.8, 4) is 6.07 Å². The molecule has 0 aliphatic carbocycles. The molecule has 0 bridgehead atoms. The van der Waals surface area contributed by atoms with Gasteiger partial charge in [0.1, 0.15) is 4.90 Å². The van der Waals surface area contributed by atoms with Crippen LogP contribution in [0.15, 0.2) is 53.4 Å². The van der Waals surface area contributed by atoms with E-state index in [0.29, 0.717) is 23.5 Å². The number of para-hydroxylation sites is 1. The van der Waals surface area contributed by atoms with Gasteiger partial charge in [-0.2, -0.15) is 5.26 Å². The minimum atomic E-state index is -3.68. The number of hydrogen-bond acceptors (Lipinski definition) is 4. The fourth-order valence-corrected chi connectivity index (χ4v) is 3.10. The van der Waals surface area contributed by atoms with E-state index in [1.807, 2.05) is 13.0 Å². The van der Waals surface area contributed by atoms with Gasteiger partial charge in [0.05, 0.1) is 17.3 Å². The molecule has 2 rings (SSSR count). The van der Waals surface area contributed by atoms with Crippen LogP contribution in [0.5, 0.6) is 0 Å². The summed E-state index contributed by atoms with van der Waals surface area (Å²) in [7, 11) is -3.68. The SMILES string of the molecule is CCNc1ccccc1S(=O)(=O)Nc1ccc(C#N)cc1. The van der Waals surface area contributed by atoms with Gasteiger partial charge >= 0.3 is 0 Å². The summed E-state index contributed by atoms with van der Waals surface area (Å²) in [5, 5.41) is 11.8. The molecule has 108 valence electrons. The lowest BCUT2D eigenvalue weighted by atomic mass is 10.2. The van der Waals surface area contributed by atoms with Crippen LogP contribution >= 0.6 is 0 Å². The molecule has 0 radical (unpaired) electrons. The van der Waals surface area contributed by atoms with E-state index in [9.17, 15) is 8.42 Å². The highest BCUT2D eigenvalue weighted by atomic mass is 32.2. The number of rotatable bonds is 5. The van der Waals surface area contributed by atoms with Gasteiger partial charge in [-0.3, -0.25) is 4.72 Å². The summed E-state index contributed by atoms with van der Waals surface area (Å²) in [6.45, 7) is 2.53. The van der Waals surface area contributed by atoms with Crippen LogP contribution in [-0.2, 0) is 10.0 Å². The summed E-state index contributed by atoms with van der Waals surface area (Å²) >= 11 is 0. The van der Waals surface area contributed by atoms with E-state index in [2.05, 4.69) is 10.0 Å². The predicted molar refractivity (Wildman–Crippen MR) is 82.6 cm³/mol. The first-order valence-corrected chi connectivity index (χ1v) is 7.91. The van der Waals surface area contributed by atoms with Crippen molar-refractivity contribution in [1.82, 2.24) is 0 Å². The molecule has 2 aromatic carbocycles. The minimum Gasteiger partial charge on any atom is -0.384 e. The first-order valence-electron chi connectivity index (χ1n) is 6.42. The molecule has 0 aliphatic rings. The quantitative estimate of drug-likeness (QED) is 0.889. The van der Waals surface area contributed by atoms with E-state index in [0.717, 1.165) is 0 Å². The van der Waals surface area contributed by atoms with Gasteiger partial charge in [-0.15, -0.1) is 0 Å². The highest BCUT2D eigenvalue weighted by Crippen LogP contribution is 2.23. The molecule has 0 saturated heterocycles. The molecule has 0 aliphatic heterocycles. The highest BCUT2D eigenvalue weighted by Gasteiger charge is 2.17. The number of anilines is 2. The zero-order valence-corrected chi connectivity index (χ0v) is 12.3. The van der Waals surface area contributed by atoms with Crippen molar-refractivity contribution in [1.29, 1.82) is 5.26 Å². The van der Waals surface area contributed by atoms with Crippen LogP contribution in [0.2, 0.25) is 0 Å². The average Bonchev–Trinajstić information content (AvgIpc) is 2.48. The van der Waals surface area contributed by atoms with Gasteiger partial charge in [-0.25, -0.2) is 8.42 Å². The van der Waals surface area contributed by atoms with Crippen molar-refractivity contribution in [2.45, 2.75) is 11.8 Å². The Morgan fingerprint density at radius 1 is 1.10 bits per heavy atom. The van der Waals surface area contributed by atoms with Crippen molar-refractivity contribution >= 4 is 21.4 Å². The molecule has 2 aromatic rings. The zero-order valence-electron chi connectivity index (χ0n) is 11.5. The number of nitrogens with one attached hydrogen (secondary N) is 2. The smallest absolute Gasteiger partial charge is 0.263 e. The number of nitrogens with zero attached hydrogens (tertiary/aromatic N) is 1. The molecular formula is C15H15N3O2S. The summed E-state index contributed by atoms with van der Waals surface area (Å²) in [5.74, 6) is 0. The maximum atomic E-state index is 12.4. The molecule has 21 heavy (non-hydrogen) atoms. The van der Waals surface area contributed by atoms with E-state index < -0.39 is 10.0 Å². The molecule has 6 heteroatoms. The molecule has 0 saturated carbocycles. The van der Waals surface area contributed by atoms with Crippen LogP contribution in [0.1, 0.15) is 12.5 Å². The molecule has 0 heterocycles. The van der Waals surface area contributed by atoms with E-state index >= 15 is 0 Å². The number of sulfonamides is 1. The maximum absolute atomic E-state index is 12.4. The van der Waals surface area contributed by atoms with Crippen molar-refractivity contribution in [3.63, 3.8) is 0 Å². The van der Waals surface area contributed by atoms with Gasteiger partial charge in [-0.1, -0.05) is 12.1 Å². The maximum Gasteiger partial charge on any atom is 0.263 e. The summed E-state index contributed by atoms with van der Waals surface area (Å²) in [5.41, 5.74) is 1.45. The molecular weight excluding hydrogens is 286 g/mol. The van der Waals surface area contributed by atoms with Crippen LogP contribution in [0.25, 0.3) is 0 Å². The number of benzene rings is 2. The van der Waals surface area contributed by atoms with E-state index in [1.165, 1.54) is 0 Å². The Morgan fingerprint density at radius 3 is 2.38 bits per heavy atom. The van der Waals surface area contributed by atoms with Crippen LogP contribution in [0.4, 0.5) is 11.4 Å². The van der Waals surface area contributed by atoms with Gasteiger partial charge in [0, 0.05) is 12.2 Å². The number of hydrogen-bond donors (Lipinski definition) is 2. The Bertz CT molecular complexity index is 762. The molecule has 0 atom stereocenters. The Labute approximate surface area is 124 Å². The Balaban J connectivity index is 2.32. The Hall–Kier alpha value is -2.52. The second-order valence-corrected chi connectivity index (χ2v) is 5.97. The van der Waals surface area contributed by atoms with E-state index in [1.54, 1.807) is 48.5 Å². The van der Waals surface area contributed by atoms with Gasteiger partial charge in [0.2, 0.25) is 0 Å². The summed E-state index contributed by atoms with van der Waals surface area (Å²) in [4.78, 5) is 0.191. The van der Waals surface area contributed by atoms with Gasteiger partial charge < -0.3 is 5.32 Å². The highest BCUT2D eigenvalue weighted by molar-refractivity contribution is 7.92. The lowest BCUT2D eigenvalue weighted by molar-refractivity contribution is 0.601. The lowest BCUT2D eigenvalue weighted by Gasteiger charge is -2.12. The van der Waals surface area contributed by atoms with Crippen molar-refractivity contribution in [2.24, 2.45) is 0 Å². The Morgan fingerprint density at radius 2 is 1.76 bits per heavy atom. The van der Waals surface area contributed by atoms with Gasteiger partial charge in [-0.05, 0) is 43.3 Å². The van der Waals surface area contributed by atoms with Crippen LogP contribution in [0.3, 0.4) is 0 Å². The van der Waals surface area contributed by atoms with Crippen molar-refractivity contribution in [2.75, 3.05) is 16.6 Å². The second kappa shape index (κ2) is 6.29. The first kappa shape index (κ1) is 14.9. The normalized spacial score (nSPS) is 10.7. The third-order valence-electron chi connectivity index (χ3n) is 2.81. The van der Waals surface area contributed by atoms with Crippen LogP contribution < -0.4 is 10.0 Å². The molecule has 0 spiro atoms. The molecule has 5 nitrogen and oxygen atoms in total. The molecule has 2 N–H and O–H groups in total. The van der Waals surface area contributed by atoms with E-state index in [4.69, 9.17) is 5.26 Å². The largest absolute Gasteiger partial charge is 0.384 e. The van der Waals surface area contributed by atoms with Crippen molar-refractivity contribution < 1.29 is 8.42 Å². The summed E-state index contributed by atoms with van der Waals surface area (Å²) in [6.07, 6.45) is 0. The average molecular weight is 301 g/mol. The zero-order chi connectivity index (χ0) is 15.3. The lowest BCUT2D eigenvalue weighted by Crippen LogP contribution is -2.15. The third-order valence-corrected chi connectivity index (χ3v) is 4.25. The van der Waals surface area contributed by atoms with Gasteiger partial charge in [0.25, 0.3) is 10.0 Å². The van der Waals surface area contributed by atoms with Crippen LogP contribution in [-0.4, -0.2) is 15.0 Å². The topological polar surface area (TPSA) is 82.0 Å². The standard InChI is InChI=1S/C15H15N3O2S/c1-2-17-14-5-3-4-6-15(14)21(19,20)18-13-9-7-12(11-16)8-10-13/h3-10,17-18H,2H2,1H3. The van der Waals surface area contributed by atoms with E-state index in [-0.39, 0.29) is 4.90 Å². The minimum absolute atomic E-state index is 0.191. The molecule has 0 amide bonds. The second-order valence-electron chi connectivity index (χ2n) is 4.32. The van der Waals surface area contributed by atoms with Gasteiger partial charge in [0.15, 0.2) is 0 Å². The monoisotopic (exact) mass is 301 g/mol. The third kappa shape index (κ3) is 3.52. The number of nitriles is 1. The van der Waals surface area contributed by atoms with Crippen LogP contribution in [0, 0.1) is 11.3 Å². The fraction of sp³-hybridized carbons (Fsp3) is 0.133. The molecule has 0 aromatic heterocycles.